The lowest BCUT2D eigenvalue weighted by Crippen LogP contribution is -2.24. The van der Waals surface area contributed by atoms with Crippen LogP contribution in [0.2, 0.25) is 0 Å². The lowest BCUT2D eigenvalue weighted by atomic mass is 10.1. The molecule has 0 spiro atoms. The highest BCUT2D eigenvalue weighted by atomic mass is 32.1. The van der Waals surface area contributed by atoms with Gasteiger partial charge in [-0.3, -0.25) is 15.5 Å². The maximum atomic E-state index is 11.8. The highest BCUT2D eigenvalue weighted by Gasteiger charge is 2.12. The second-order valence-corrected chi connectivity index (χ2v) is 5.81. The number of benzene rings is 2. The lowest BCUT2D eigenvalue weighted by molar-refractivity contribution is -0.398. The van der Waals surface area contributed by atoms with Crippen LogP contribution in [0.25, 0.3) is 0 Å². The van der Waals surface area contributed by atoms with E-state index in [9.17, 15) is 15.2 Å². The van der Waals surface area contributed by atoms with E-state index in [1.807, 2.05) is 32.0 Å². The topological polar surface area (TPSA) is 112 Å². The maximum absolute atomic E-state index is 11.8. The summed E-state index contributed by atoms with van der Waals surface area (Å²) < 4.78 is 4.87. The molecule has 2 aromatic rings. The minimum Gasteiger partial charge on any atom is -0.865 e. The van der Waals surface area contributed by atoms with Gasteiger partial charge < -0.3 is 15.2 Å². The summed E-state index contributed by atoms with van der Waals surface area (Å²) in [6, 6.07) is 8.28. The van der Waals surface area contributed by atoms with Crippen LogP contribution >= 0.6 is 12.2 Å². The number of nitro benzene ring substituents is 1. The molecule has 136 valence electrons. The second kappa shape index (κ2) is 8.26. The zero-order valence-corrected chi connectivity index (χ0v) is 15.2. The molecule has 2 rings (SSSR count). The van der Waals surface area contributed by atoms with Crippen molar-refractivity contribution in [3.05, 3.63) is 57.1 Å². The first-order chi connectivity index (χ1) is 12.3. The van der Waals surface area contributed by atoms with Crippen LogP contribution in [0.5, 0.6) is 11.5 Å². The fourth-order valence-electron chi connectivity index (χ4n) is 2.17. The van der Waals surface area contributed by atoms with E-state index < -0.39 is 16.4 Å². The Labute approximate surface area is 155 Å². The number of aryl methyl sites for hydroxylation is 1. The quantitative estimate of drug-likeness (QED) is 0.358. The maximum Gasteiger partial charge on any atom is 0.266 e. The number of hydrogen-bond donors (Lipinski definition) is 2. The molecule has 0 fully saturated rings. The van der Waals surface area contributed by atoms with Gasteiger partial charge in [-0.15, -0.1) is 0 Å². The Morgan fingerprint density at radius 3 is 2.73 bits per heavy atom. The van der Waals surface area contributed by atoms with Crippen LogP contribution in [0.1, 0.15) is 16.7 Å². The summed E-state index contributed by atoms with van der Waals surface area (Å²) in [6.07, 6.45) is 1.31. The second-order valence-electron chi connectivity index (χ2n) is 5.40. The van der Waals surface area contributed by atoms with Gasteiger partial charge in [0.25, 0.3) is 5.69 Å². The molecule has 0 radical (unpaired) electrons. The van der Waals surface area contributed by atoms with Crippen molar-refractivity contribution >= 4 is 34.9 Å². The average molecular weight is 373 g/mol. The van der Waals surface area contributed by atoms with Crippen LogP contribution in [-0.2, 0) is 0 Å². The Bertz CT molecular complexity index is 883. The molecule has 0 bridgehead atoms. The van der Waals surface area contributed by atoms with Crippen LogP contribution in [0.15, 0.2) is 35.4 Å². The molecule has 8 nitrogen and oxygen atoms in total. The van der Waals surface area contributed by atoms with Crippen molar-refractivity contribution < 1.29 is 14.8 Å². The van der Waals surface area contributed by atoms with Gasteiger partial charge in [-0.2, -0.15) is 5.10 Å². The normalized spacial score (nSPS) is 10.6. The van der Waals surface area contributed by atoms with Crippen molar-refractivity contribution in [3.8, 4) is 11.5 Å². The van der Waals surface area contributed by atoms with Crippen LogP contribution in [0.3, 0.4) is 0 Å². The van der Waals surface area contributed by atoms with Gasteiger partial charge in [0.1, 0.15) is 5.75 Å². The number of hydrazone groups is 1. The number of methoxy groups -OCH3 is 1. The fourth-order valence-corrected chi connectivity index (χ4v) is 2.33. The molecule has 2 N–H and O–H groups in total. The van der Waals surface area contributed by atoms with Crippen LogP contribution in [-0.4, -0.2) is 23.4 Å². The SMILES string of the molecule is COc1cc(/C=N\NC(=S)Nc2cccc(C)c2C)cc([N+](=O)[O-])c1[O-]. The first-order valence-electron chi connectivity index (χ1n) is 7.53. The number of thiocarbonyl (C=S) groups is 1. The first-order valence-corrected chi connectivity index (χ1v) is 7.94. The van der Waals surface area contributed by atoms with E-state index in [0.29, 0.717) is 5.56 Å². The van der Waals surface area contributed by atoms with E-state index in [-0.39, 0.29) is 10.9 Å². The van der Waals surface area contributed by atoms with E-state index in [1.54, 1.807) is 0 Å². The predicted octanol–water partition coefficient (Wildman–Crippen LogP) is 2.61. The van der Waals surface area contributed by atoms with E-state index >= 15 is 0 Å². The summed E-state index contributed by atoms with van der Waals surface area (Å²) in [5.74, 6) is -0.911. The summed E-state index contributed by atoms with van der Waals surface area (Å²) in [5.41, 5.74) is 5.41. The molecule has 26 heavy (non-hydrogen) atoms. The Balaban J connectivity index is 2.10. The van der Waals surface area contributed by atoms with E-state index in [2.05, 4.69) is 15.8 Å². The van der Waals surface area contributed by atoms with Gasteiger partial charge in [-0.1, -0.05) is 12.1 Å². The number of anilines is 1. The van der Waals surface area contributed by atoms with Crippen molar-refractivity contribution in [1.29, 1.82) is 0 Å². The van der Waals surface area contributed by atoms with Crippen LogP contribution in [0, 0.1) is 24.0 Å². The predicted molar refractivity (Wildman–Crippen MR) is 102 cm³/mol. The summed E-state index contributed by atoms with van der Waals surface area (Å²) in [7, 11) is 1.27. The molecule has 0 atom stereocenters. The Kier molecular flexibility index (Phi) is 6.07. The van der Waals surface area contributed by atoms with Crippen molar-refractivity contribution in [3.63, 3.8) is 0 Å². The molecule has 0 aliphatic rings. The van der Waals surface area contributed by atoms with E-state index in [4.69, 9.17) is 17.0 Å². The number of hydrogen-bond acceptors (Lipinski definition) is 6. The minimum atomic E-state index is -0.783. The highest BCUT2D eigenvalue weighted by Crippen LogP contribution is 2.33. The van der Waals surface area contributed by atoms with Crippen molar-refractivity contribution in [1.82, 2.24) is 5.43 Å². The zero-order valence-electron chi connectivity index (χ0n) is 14.4. The van der Waals surface area contributed by atoms with Gasteiger partial charge in [-0.05, 0) is 49.3 Å². The molecule has 2 aromatic carbocycles. The average Bonchev–Trinajstić information content (AvgIpc) is 2.59. The third kappa shape index (κ3) is 4.45. The summed E-state index contributed by atoms with van der Waals surface area (Å²) in [6.45, 7) is 3.97. The zero-order chi connectivity index (χ0) is 19.3. The molecule has 0 unspecified atom stereocenters. The van der Waals surface area contributed by atoms with E-state index in [1.165, 1.54) is 19.4 Å². The van der Waals surface area contributed by atoms with Crippen LogP contribution < -0.4 is 20.6 Å². The van der Waals surface area contributed by atoms with Gasteiger partial charge in [-0.25, -0.2) is 0 Å². The molecule has 0 amide bonds. The van der Waals surface area contributed by atoms with Crippen molar-refractivity contribution in [2.45, 2.75) is 13.8 Å². The molecule has 0 aliphatic carbocycles. The molecule has 0 heterocycles. The molecule has 0 aliphatic heterocycles. The molecular weight excluding hydrogens is 356 g/mol. The van der Waals surface area contributed by atoms with Gasteiger partial charge in [0.2, 0.25) is 0 Å². The Morgan fingerprint density at radius 1 is 1.35 bits per heavy atom. The van der Waals surface area contributed by atoms with Gasteiger partial charge in [0.15, 0.2) is 5.11 Å². The Hall–Kier alpha value is -3.20. The number of ether oxygens (including phenoxy) is 1. The van der Waals surface area contributed by atoms with Crippen molar-refractivity contribution in [2.24, 2.45) is 5.10 Å². The largest absolute Gasteiger partial charge is 0.865 e. The number of nitrogens with one attached hydrogen (secondary N) is 2. The Morgan fingerprint density at radius 2 is 2.08 bits per heavy atom. The third-order valence-corrected chi connectivity index (χ3v) is 3.90. The number of nitrogens with zero attached hydrogens (tertiary/aromatic N) is 2. The third-order valence-electron chi connectivity index (χ3n) is 3.71. The molecule has 0 saturated heterocycles. The van der Waals surface area contributed by atoms with Gasteiger partial charge >= 0.3 is 0 Å². The highest BCUT2D eigenvalue weighted by molar-refractivity contribution is 7.80. The fraction of sp³-hybridized carbons (Fsp3) is 0.176. The monoisotopic (exact) mass is 373 g/mol. The minimum absolute atomic E-state index is 0.128. The molecule has 0 aromatic heterocycles. The molecule has 0 saturated carbocycles. The smallest absolute Gasteiger partial charge is 0.266 e. The van der Waals surface area contributed by atoms with Gasteiger partial charge in [0.05, 0.1) is 18.2 Å². The summed E-state index contributed by atoms with van der Waals surface area (Å²) in [4.78, 5) is 10.2. The molecular formula is C17H17N4O4S-. The van der Waals surface area contributed by atoms with E-state index in [0.717, 1.165) is 22.9 Å². The summed E-state index contributed by atoms with van der Waals surface area (Å²) in [5, 5.41) is 29.9. The van der Waals surface area contributed by atoms with Crippen molar-refractivity contribution in [2.75, 3.05) is 12.4 Å². The summed E-state index contributed by atoms with van der Waals surface area (Å²) >= 11 is 5.17. The number of rotatable bonds is 5. The molecule has 9 heteroatoms. The number of nitro groups is 1. The first kappa shape index (κ1) is 19.1. The van der Waals surface area contributed by atoms with Gasteiger partial charge in [0, 0.05) is 23.1 Å². The standard InChI is InChI=1S/C17H18N4O4S/c1-10-5-4-6-13(11(10)2)19-17(26)20-18-9-12-7-14(21(23)24)16(22)15(8-12)25-3/h4-9,22H,1-3H3,(H2,19,20,26)/p-1/b18-9-. The lowest BCUT2D eigenvalue weighted by Gasteiger charge is -2.13. The van der Waals surface area contributed by atoms with Crippen LogP contribution in [0.4, 0.5) is 11.4 Å².